The highest BCUT2D eigenvalue weighted by Crippen LogP contribution is 2.35. The van der Waals surface area contributed by atoms with Gasteiger partial charge in [0.15, 0.2) is 0 Å². The Labute approximate surface area is 117 Å². The first-order chi connectivity index (χ1) is 9.57. The van der Waals surface area contributed by atoms with Gasteiger partial charge in [-0.15, -0.1) is 0 Å². The fraction of sp³-hybridized carbons (Fsp3) is 0.533. The van der Waals surface area contributed by atoms with Crippen LogP contribution in [0, 0.1) is 17.0 Å². The van der Waals surface area contributed by atoms with Crippen molar-refractivity contribution in [3.05, 3.63) is 29.8 Å². The highest BCUT2D eigenvalue weighted by Gasteiger charge is 2.38. The SMILES string of the molecule is CCCC1(C(=O)Nc2cc(F)ccc2F)CCNCC1. The summed E-state index contributed by atoms with van der Waals surface area (Å²) in [5.41, 5.74) is -0.553. The Morgan fingerprint density at radius 1 is 1.35 bits per heavy atom. The maximum Gasteiger partial charge on any atom is 0.230 e. The number of rotatable bonds is 4. The fourth-order valence-corrected chi connectivity index (χ4v) is 2.82. The largest absolute Gasteiger partial charge is 0.323 e. The van der Waals surface area contributed by atoms with Gasteiger partial charge in [-0.05, 0) is 44.5 Å². The van der Waals surface area contributed by atoms with Gasteiger partial charge in [0, 0.05) is 6.07 Å². The van der Waals surface area contributed by atoms with E-state index >= 15 is 0 Å². The van der Waals surface area contributed by atoms with Gasteiger partial charge in [-0.3, -0.25) is 4.79 Å². The van der Waals surface area contributed by atoms with Gasteiger partial charge in [-0.2, -0.15) is 0 Å². The highest BCUT2D eigenvalue weighted by atomic mass is 19.1. The minimum atomic E-state index is -0.611. The topological polar surface area (TPSA) is 41.1 Å². The van der Waals surface area contributed by atoms with Crippen molar-refractivity contribution in [2.24, 2.45) is 5.41 Å². The lowest BCUT2D eigenvalue weighted by atomic mass is 9.74. The van der Waals surface area contributed by atoms with E-state index < -0.39 is 17.0 Å². The zero-order valence-corrected chi connectivity index (χ0v) is 11.6. The number of amides is 1. The molecular formula is C15H20F2N2O. The van der Waals surface area contributed by atoms with Gasteiger partial charge in [-0.25, -0.2) is 8.78 Å². The molecule has 1 aromatic carbocycles. The average Bonchev–Trinajstić information content (AvgIpc) is 2.44. The van der Waals surface area contributed by atoms with Crippen LogP contribution in [0.15, 0.2) is 18.2 Å². The van der Waals surface area contributed by atoms with Crippen molar-refractivity contribution in [3.63, 3.8) is 0 Å². The lowest BCUT2D eigenvalue weighted by molar-refractivity contribution is -0.127. The van der Waals surface area contributed by atoms with E-state index in [-0.39, 0.29) is 11.6 Å². The Hall–Kier alpha value is -1.49. The Morgan fingerprint density at radius 2 is 2.05 bits per heavy atom. The van der Waals surface area contributed by atoms with E-state index in [1.165, 1.54) is 0 Å². The normalized spacial score (nSPS) is 17.8. The molecule has 1 aliphatic rings. The number of benzene rings is 1. The summed E-state index contributed by atoms with van der Waals surface area (Å²) in [6.07, 6.45) is 3.10. The maximum absolute atomic E-state index is 13.6. The molecule has 5 heteroatoms. The van der Waals surface area contributed by atoms with E-state index in [1.807, 2.05) is 6.92 Å². The van der Waals surface area contributed by atoms with Crippen molar-refractivity contribution >= 4 is 11.6 Å². The molecule has 1 aliphatic heterocycles. The predicted octanol–water partition coefficient (Wildman–Crippen LogP) is 3.07. The van der Waals surface area contributed by atoms with Crippen LogP contribution in [0.3, 0.4) is 0 Å². The van der Waals surface area contributed by atoms with Gasteiger partial charge >= 0.3 is 0 Å². The molecule has 0 bridgehead atoms. The number of piperidine rings is 1. The number of carbonyl (C=O) groups is 1. The zero-order chi connectivity index (χ0) is 14.6. The molecule has 1 amide bonds. The second kappa shape index (κ2) is 6.31. The molecule has 1 fully saturated rings. The molecule has 110 valence electrons. The smallest absolute Gasteiger partial charge is 0.230 e. The third-order valence-corrected chi connectivity index (χ3v) is 3.95. The minimum absolute atomic E-state index is 0.0796. The van der Waals surface area contributed by atoms with E-state index in [0.29, 0.717) is 0 Å². The van der Waals surface area contributed by atoms with Gasteiger partial charge in [-0.1, -0.05) is 13.3 Å². The highest BCUT2D eigenvalue weighted by molar-refractivity contribution is 5.95. The van der Waals surface area contributed by atoms with Crippen LogP contribution in [0.5, 0.6) is 0 Å². The summed E-state index contributed by atoms with van der Waals surface area (Å²) in [4.78, 5) is 12.5. The molecule has 2 N–H and O–H groups in total. The van der Waals surface area contributed by atoms with Crippen molar-refractivity contribution < 1.29 is 13.6 Å². The van der Waals surface area contributed by atoms with Gasteiger partial charge in [0.2, 0.25) is 5.91 Å². The monoisotopic (exact) mass is 282 g/mol. The molecule has 1 saturated heterocycles. The van der Waals surface area contributed by atoms with Crippen LogP contribution in [0.25, 0.3) is 0 Å². The van der Waals surface area contributed by atoms with E-state index in [0.717, 1.165) is 57.0 Å². The van der Waals surface area contributed by atoms with Crippen molar-refractivity contribution in [1.29, 1.82) is 0 Å². The number of carbonyl (C=O) groups excluding carboxylic acids is 1. The van der Waals surface area contributed by atoms with E-state index in [1.54, 1.807) is 0 Å². The molecule has 0 saturated carbocycles. The number of halogens is 2. The first-order valence-electron chi connectivity index (χ1n) is 7.04. The second-order valence-corrected chi connectivity index (χ2v) is 5.36. The Morgan fingerprint density at radius 3 is 2.70 bits per heavy atom. The summed E-state index contributed by atoms with van der Waals surface area (Å²) in [7, 11) is 0. The first-order valence-corrected chi connectivity index (χ1v) is 7.04. The van der Waals surface area contributed by atoms with Crippen molar-refractivity contribution in [3.8, 4) is 0 Å². The molecule has 20 heavy (non-hydrogen) atoms. The number of hydrogen-bond donors (Lipinski definition) is 2. The van der Waals surface area contributed by atoms with Crippen LogP contribution in [-0.2, 0) is 4.79 Å². The molecule has 0 radical (unpaired) electrons. The van der Waals surface area contributed by atoms with Crippen LogP contribution in [-0.4, -0.2) is 19.0 Å². The van der Waals surface area contributed by atoms with Gasteiger partial charge in [0.05, 0.1) is 11.1 Å². The second-order valence-electron chi connectivity index (χ2n) is 5.36. The zero-order valence-electron chi connectivity index (χ0n) is 11.6. The van der Waals surface area contributed by atoms with Gasteiger partial charge in [0.25, 0.3) is 0 Å². The van der Waals surface area contributed by atoms with Gasteiger partial charge in [0.1, 0.15) is 11.6 Å². The van der Waals surface area contributed by atoms with Crippen LogP contribution in [0.4, 0.5) is 14.5 Å². The average molecular weight is 282 g/mol. The summed E-state index contributed by atoms with van der Waals surface area (Å²) in [5.74, 6) is -1.37. The molecule has 2 rings (SSSR count). The van der Waals surface area contributed by atoms with Crippen molar-refractivity contribution in [2.45, 2.75) is 32.6 Å². The Kier molecular flexibility index (Phi) is 4.70. The summed E-state index contributed by atoms with van der Waals surface area (Å²) in [5, 5.41) is 5.79. The summed E-state index contributed by atoms with van der Waals surface area (Å²) >= 11 is 0. The third-order valence-electron chi connectivity index (χ3n) is 3.95. The molecule has 1 heterocycles. The maximum atomic E-state index is 13.6. The summed E-state index contributed by atoms with van der Waals surface area (Å²) in [6, 6.07) is 3.09. The Bertz CT molecular complexity index is 479. The number of nitrogens with one attached hydrogen (secondary N) is 2. The molecular weight excluding hydrogens is 262 g/mol. The van der Waals surface area contributed by atoms with Crippen LogP contribution < -0.4 is 10.6 Å². The molecule has 0 spiro atoms. The van der Waals surface area contributed by atoms with Crippen LogP contribution in [0.2, 0.25) is 0 Å². The molecule has 1 aromatic rings. The fourth-order valence-electron chi connectivity index (χ4n) is 2.82. The minimum Gasteiger partial charge on any atom is -0.323 e. The quantitative estimate of drug-likeness (QED) is 0.891. The molecule has 3 nitrogen and oxygen atoms in total. The molecule has 0 unspecified atom stereocenters. The standard InChI is InChI=1S/C15H20F2N2O/c1-2-5-15(6-8-18-9-7-15)14(20)19-13-10-11(16)3-4-12(13)17/h3-4,10,18H,2,5-9H2,1H3,(H,19,20). The summed E-state index contributed by atoms with van der Waals surface area (Å²) in [6.45, 7) is 3.58. The molecule has 0 aromatic heterocycles. The van der Waals surface area contributed by atoms with E-state index in [4.69, 9.17) is 0 Å². The van der Waals surface area contributed by atoms with Crippen LogP contribution >= 0.6 is 0 Å². The van der Waals surface area contributed by atoms with Crippen molar-refractivity contribution in [1.82, 2.24) is 5.32 Å². The lowest BCUT2D eigenvalue weighted by Crippen LogP contribution is -2.45. The van der Waals surface area contributed by atoms with Crippen molar-refractivity contribution in [2.75, 3.05) is 18.4 Å². The molecule has 0 aliphatic carbocycles. The Balaban J connectivity index is 2.18. The lowest BCUT2D eigenvalue weighted by Gasteiger charge is -2.36. The number of hydrogen-bond acceptors (Lipinski definition) is 2. The predicted molar refractivity (Wildman–Crippen MR) is 74.4 cm³/mol. The van der Waals surface area contributed by atoms with Crippen LogP contribution in [0.1, 0.15) is 32.6 Å². The third kappa shape index (κ3) is 3.15. The molecule has 0 atom stereocenters. The first kappa shape index (κ1) is 14.9. The van der Waals surface area contributed by atoms with E-state index in [2.05, 4.69) is 10.6 Å². The van der Waals surface area contributed by atoms with Gasteiger partial charge < -0.3 is 10.6 Å². The summed E-state index contributed by atoms with van der Waals surface area (Å²) < 4.78 is 26.8. The van der Waals surface area contributed by atoms with E-state index in [9.17, 15) is 13.6 Å². The number of anilines is 1.